The summed E-state index contributed by atoms with van der Waals surface area (Å²) in [6.07, 6.45) is -4.16. The van der Waals surface area contributed by atoms with Crippen molar-refractivity contribution < 1.29 is 39.5 Å². The van der Waals surface area contributed by atoms with Gasteiger partial charge in [-0.25, -0.2) is 4.79 Å². The van der Waals surface area contributed by atoms with Crippen molar-refractivity contribution in [2.24, 2.45) is 5.92 Å². The third-order valence-corrected chi connectivity index (χ3v) is 3.41. The SMILES string of the molecule is CC(=O)NC1C(OCC(C)C)C=C(C(=O)O)OC1[C@H](O)[C@H](O)CO. The maximum atomic E-state index is 11.5. The lowest BCUT2D eigenvalue weighted by atomic mass is 9.93. The molecular formula is C15H25NO8. The van der Waals surface area contributed by atoms with Gasteiger partial charge in [0, 0.05) is 13.5 Å². The number of ether oxygens (including phenoxy) is 2. The van der Waals surface area contributed by atoms with Gasteiger partial charge >= 0.3 is 5.97 Å². The normalized spacial score (nSPS) is 26.3. The van der Waals surface area contributed by atoms with Crippen LogP contribution in [-0.4, -0.2) is 76.0 Å². The number of hydrogen-bond acceptors (Lipinski definition) is 7. The van der Waals surface area contributed by atoms with Crippen molar-refractivity contribution in [3.63, 3.8) is 0 Å². The molecule has 0 saturated carbocycles. The number of aliphatic hydroxyl groups excluding tert-OH is 3. The number of aliphatic hydroxyl groups is 3. The zero-order valence-corrected chi connectivity index (χ0v) is 13.9. The minimum atomic E-state index is -1.62. The molecule has 5 N–H and O–H groups in total. The molecule has 9 heteroatoms. The van der Waals surface area contributed by atoms with Crippen LogP contribution < -0.4 is 5.32 Å². The van der Waals surface area contributed by atoms with Gasteiger partial charge in [0.2, 0.25) is 11.7 Å². The highest BCUT2D eigenvalue weighted by Gasteiger charge is 2.44. The number of carboxylic acids is 1. The number of carboxylic acid groups (broad SMARTS) is 1. The van der Waals surface area contributed by atoms with Gasteiger partial charge < -0.3 is 35.2 Å². The predicted octanol–water partition coefficient (Wildman–Crippen LogP) is -1.39. The number of aliphatic carboxylic acids is 1. The summed E-state index contributed by atoms with van der Waals surface area (Å²) in [5.74, 6) is -2.12. The number of hydrogen-bond donors (Lipinski definition) is 5. The van der Waals surface area contributed by atoms with Gasteiger partial charge in [0.1, 0.15) is 18.3 Å². The van der Waals surface area contributed by atoms with E-state index < -0.39 is 54.7 Å². The van der Waals surface area contributed by atoms with Crippen molar-refractivity contribution in [3.05, 3.63) is 11.8 Å². The number of rotatable bonds is 8. The average molecular weight is 347 g/mol. The van der Waals surface area contributed by atoms with Crippen LogP contribution in [0.4, 0.5) is 0 Å². The molecule has 0 aromatic heterocycles. The van der Waals surface area contributed by atoms with Crippen LogP contribution in [0.25, 0.3) is 0 Å². The smallest absolute Gasteiger partial charge is 0.370 e. The van der Waals surface area contributed by atoms with Crippen LogP contribution >= 0.6 is 0 Å². The lowest BCUT2D eigenvalue weighted by Crippen LogP contribution is -2.60. The molecule has 0 fully saturated rings. The van der Waals surface area contributed by atoms with Crippen LogP contribution in [0, 0.1) is 5.92 Å². The van der Waals surface area contributed by atoms with E-state index in [0.717, 1.165) is 0 Å². The fourth-order valence-electron chi connectivity index (χ4n) is 2.28. The fraction of sp³-hybridized carbons (Fsp3) is 0.733. The van der Waals surface area contributed by atoms with Crippen LogP contribution in [0.15, 0.2) is 11.8 Å². The number of amides is 1. The molecule has 0 saturated heterocycles. The Kier molecular flexibility index (Phi) is 7.61. The molecule has 5 atom stereocenters. The molecule has 0 radical (unpaired) electrons. The molecule has 0 spiro atoms. The van der Waals surface area contributed by atoms with Crippen LogP contribution in [-0.2, 0) is 19.1 Å². The molecule has 24 heavy (non-hydrogen) atoms. The van der Waals surface area contributed by atoms with E-state index in [0.29, 0.717) is 0 Å². The van der Waals surface area contributed by atoms with Gasteiger partial charge in [0.25, 0.3) is 0 Å². The maximum Gasteiger partial charge on any atom is 0.370 e. The Bertz CT molecular complexity index is 478. The summed E-state index contributed by atoms with van der Waals surface area (Å²) in [5, 5.41) is 40.5. The summed E-state index contributed by atoms with van der Waals surface area (Å²) in [4.78, 5) is 22.7. The van der Waals surface area contributed by atoms with Crippen molar-refractivity contribution in [2.45, 2.75) is 51.2 Å². The van der Waals surface area contributed by atoms with E-state index in [1.54, 1.807) is 0 Å². The van der Waals surface area contributed by atoms with E-state index in [4.69, 9.17) is 19.7 Å². The van der Waals surface area contributed by atoms with Crippen LogP contribution in [0.5, 0.6) is 0 Å². The highest BCUT2D eigenvalue weighted by atomic mass is 16.5. The van der Waals surface area contributed by atoms with E-state index in [-0.39, 0.29) is 12.5 Å². The molecule has 1 aliphatic heterocycles. The molecule has 1 rings (SSSR count). The van der Waals surface area contributed by atoms with Crippen molar-refractivity contribution in [1.29, 1.82) is 0 Å². The second kappa shape index (κ2) is 8.97. The van der Waals surface area contributed by atoms with Crippen molar-refractivity contribution in [2.75, 3.05) is 13.2 Å². The van der Waals surface area contributed by atoms with E-state index >= 15 is 0 Å². The largest absolute Gasteiger partial charge is 0.478 e. The monoisotopic (exact) mass is 347 g/mol. The van der Waals surface area contributed by atoms with Gasteiger partial charge in [-0.2, -0.15) is 0 Å². The fourth-order valence-corrected chi connectivity index (χ4v) is 2.28. The van der Waals surface area contributed by atoms with Gasteiger partial charge in [0.15, 0.2) is 6.10 Å². The summed E-state index contributed by atoms with van der Waals surface area (Å²) in [5.41, 5.74) is 0. The number of nitrogens with one attached hydrogen (secondary N) is 1. The molecule has 1 aliphatic rings. The van der Waals surface area contributed by atoms with Crippen molar-refractivity contribution in [1.82, 2.24) is 5.32 Å². The van der Waals surface area contributed by atoms with Crippen LogP contribution in [0.2, 0.25) is 0 Å². The Morgan fingerprint density at radius 2 is 2.00 bits per heavy atom. The minimum Gasteiger partial charge on any atom is -0.478 e. The average Bonchev–Trinajstić information content (AvgIpc) is 2.51. The lowest BCUT2D eigenvalue weighted by Gasteiger charge is -2.39. The highest BCUT2D eigenvalue weighted by molar-refractivity contribution is 5.84. The Morgan fingerprint density at radius 3 is 2.46 bits per heavy atom. The first-order valence-electron chi connectivity index (χ1n) is 7.64. The van der Waals surface area contributed by atoms with Crippen LogP contribution in [0.3, 0.4) is 0 Å². The van der Waals surface area contributed by atoms with E-state index in [9.17, 15) is 19.8 Å². The molecule has 0 aromatic rings. The highest BCUT2D eigenvalue weighted by Crippen LogP contribution is 2.25. The maximum absolute atomic E-state index is 11.5. The van der Waals surface area contributed by atoms with Gasteiger partial charge in [-0.05, 0) is 12.0 Å². The second-order valence-corrected chi connectivity index (χ2v) is 6.08. The minimum absolute atomic E-state index is 0.152. The third kappa shape index (κ3) is 5.45. The van der Waals surface area contributed by atoms with E-state index in [1.165, 1.54) is 13.0 Å². The third-order valence-electron chi connectivity index (χ3n) is 3.41. The molecule has 3 unspecified atom stereocenters. The van der Waals surface area contributed by atoms with Gasteiger partial charge in [-0.15, -0.1) is 0 Å². The Labute approximate surface area is 139 Å². The van der Waals surface area contributed by atoms with Gasteiger partial charge in [-0.1, -0.05) is 13.8 Å². The standard InChI is InChI=1S/C15H25NO8/c1-7(2)6-23-10-4-11(15(21)22)24-14(12(10)16-8(3)18)13(20)9(19)5-17/h4,7,9-10,12-14,17,19-20H,5-6H2,1-3H3,(H,16,18)(H,21,22)/t9-,10?,12?,13-,14?/m1/s1. The summed E-state index contributed by atoms with van der Waals surface area (Å²) in [6.45, 7) is 4.58. The zero-order valence-electron chi connectivity index (χ0n) is 13.9. The summed E-state index contributed by atoms with van der Waals surface area (Å²) >= 11 is 0. The topological polar surface area (TPSA) is 146 Å². The first kappa shape index (κ1) is 20.4. The number of carbonyl (C=O) groups is 2. The van der Waals surface area contributed by atoms with Gasteiger partial charge in [0.05, 0.1) is 12.6 Å². The van der Waals surface area contributed by atoms with Crippen molar-refractivity contribution >= 4 is 11.9 Å². The second-order valence-electron chi connectivity index (χ2n) is 6.08. The van der Waals surface area contributed by atoms with E-state index in [2.05, 4.69) is 5.32 Å². The molecule has 1 heterocycles. The first-order valence-corrected chi connectivity index (χ1v) is 7.64. The molecule has 9 nitrogen and oxygen atoms in total. The molecule has 0 aliphatic carbocycles. The zero-order chi connectivity index (χ0) is 18.4. The quantitative estimate of drug-likeness (QED) is 0.361. The Morgan fingerprint density at radius 1 is 1.38 bits per heavy atom. The molecule has 0 aromatic carbocycles. The molecule has 0 bridgehead atoms. The van der Waals surface area contributed by atoms with Gasteiger partial charge in [-0.3, -0.25) is 4.79 Å². The number of carbonyl (C=O) groups excluding carboxylic acids is 1. The van der Waals surface area contributed by atoms with Crippen molar-refractivity contribution in [3.8, 4) is 0 Å². The Balaban J connectivity index is 3.15. The summed E-state index contributed by atoms with van der Waals surface area (Å²) in [7, 11) is 0. The van der Waals surface area contributed by atoms with E-state index in [1.807, 2.05) is 13.8 Å². The first-order chi connectivity index (χ1) is 11.2. The molecule has 138 valence electrons. The lowest BCUT2D eigenvalue weighted by molar-refractivity contribution is -0.152. The summed E-state index contributed by atoms with van der Waals surface area (Å²) in [6, 6.07) is -0.930. The summed E-state index contributed by atoms with van der Waals surface area (Å²) < 4.78 is 10.9. The Hall–Kier alpha value is -1.68. The van der Waals surface area contributed by atoms with Crippen LogP contribution in [0.1, 0.15) is 20.8 Å². The predicted molar refractivity (Wildman–Crippen MR) is 81.9 cm³/mol. The molecular weight excluding hydrogens is 322 g/mol. The molecule has 1 amide bonds.